The summed E-state index contributed by atoms with van der Waals surface area (Å²) in [6.07, 6.45) is 0.476. The Hall–Kier alpha value is -1.66. The number of methoxy groups -OCH3 is 1. The highest BCUT2D eigenvalue weighted by Crippen LogP contribution is 2.28. The maximum Gasteiger partial charge on any atom is 0.345 e. The molecule has 7 heteroatoms. The van der Waals surface area contributed by atoms with Crippen molar-refractivity contribution in [2.45, 2.75) is 25.9 Å². The lowest BCUT2D eigenvalue weighted by Crippen LogP contribution is -2.25. The molecule has 0 saturated carbocycles. The van der Waals surface area contributed by atoms with E-state index in [9.17, 15) is 14.9 Å². The molecule has 0 aliphatic rings. The van der Waals surface area contributed by atoms with E-state index < -0.39 is 22.2 Å². The van der Waals surface area contributed by atoms with Crippen LogP contribution in [0.25, 0.3) is 0 Å². The Morgan fingerprint density at radius 1 is 1.45 bits per heavy atom. The lowest BCUT2D eigenvalue weighted by molar-refractivity contribution is -0.385. The smallest absolute Gasteiger partial charge is 0.345 e. The molecule has 0 aliphatic carbocycles. The maximum atomic E-state index is 11.9. The SMILES string of the molecule is COC(C)(C)CCOC(=O)c1cccc(Cl)c1[N+](=O)[O-]. The molecule has 1 rings (SSSR count). The summed E-state index contributed by atoms with van der Waals surface area (Å²) >= 11 is 5.73. The molecule has 0 aromatic heterocycles. The Labute approximate surface area is 121 Å². The third-order valence-corrected chi connectivity index (χ3v) is 3.18. The van der Waals surface area contributed by atoms with E-state index in [4.69, 9.17) is 21.1 Å². The number of carbonyl (C=O) groups excluding carboxylic acids is 1. The minimum absolute atomic E-state index is 0.0957. The van der Waals surface area contributed by atoms with Crippen molar-refractivity contribution in [1.29, 1.82) is 0 Å². The number of benzene rings is 1. The molecular weight excluding hydrogens is 286 g/mol. The van der Waals surface area contributed by atoms with Crippen molar-refractivity contribution >= 4 is 23.3 Å². The Balaban J connectivity index is 2.79. The summed E-state index contributed by atoms with van der Waals surface area (Å²) in [4.78, 5) is 22.1. The van der Waals surface area contributed by atoms with Crippen molar-refractivity contribution in [3.8, 4) is 0 Å². The van der Waals surface area contributed by atoms with Gasteiger partial charge in [0.05, 0.1) is 17.1 Å². The third-order valence-electron chi connectivity index (χ3n) is 2.88. The Bertz CT molecular complexity index is 515. The largest absolute Gasteiger partial charge is 0.462 e. The first-order valence-corrected chi connectivity index (χ1v) is 6.31. The van der Waals surface area contributed by atoms with Gasteiger partial charge in [-0.2, -0.15) is 0 Å². The molecule has 0 amide bonds. The molecule has 1 aromatic carbocycles. The van der Waals surface area contributed by atoms with Crippen molar-refractivity contribution in [3.05, 3.63) is 38.9 Å². The van der Waals surface area contributed by atoms with E-state index >= 15 is 0 Å². The molecule has 0 unspecified atom stereocenters. The normalized spacial score (nSPS) is 11.2. The maximum absolute atomic E-state index is 11.9. The van der Waals surface area contributed by atoms with Gasteiger partial charge in [0, 0.05) is 13.5 Å². The van der Waals surface area contributed by atoms with Crippen LogP contribution in [-0.4, -0.2) is 30.2 Å². The molecule has 1 aromatic rings. The van der Waals surface area contributed by atoms with Crippen LogP contribution in [0.4, 0.5) is 5.69 Å². The van der Waals surface area contributed by atoms with E-state index in [0.29, 0.717) is 6.42 Å². The van der Waals surface area contributed by atoms with Crippen LogP contribution in [0.2, 0.25) is 5.02 Å². The van der Waals surface area contributed by atoms with Crippen molar-refractivity contribution in [2.24, 2.45) is 0 Å². The van der Waals surface area contributed by atoms with Gasteiger partial charge in [0.15, 0.2) is 0 Å². The molecule has 6 nitrogen and oxygen atoms in total. The molecule has 110 valence electrons. The number of para-hydroxylation sites is 1. The van der Waals surface area contributed by atoms with Crippen LogP contribution < -0.4 is 0 Å². The van der Waals surface area contributed by atoms with Crippen LogP contribution in [0.3, 0.4) is 0 Å². The van der Waals surface area contributed by atoms with Gasteiger partial charge in [-0.05, 0) is 26.0 Å². The van der Waals surface area contributed by atoms with Crippen molar-refractivity contribution in [3.63, 3.8) is 0 Å². The van der Waals surface area contributed by atoms with Gasteiger partial charge in [0.25, 0.3) is 0 Å². The first-order valence-electron chi connectivity index (χ1n) is 5.93. The summed E-state index contributed by atoms with van der Waals surface area (Å²) in [7, 11) is 1.56. The lowest BCUT2D eigenvalue weighted by Gasteiger charge is -2.22. The van der Waals surface area contributed by atoms with E-state index in [2.05, 4.69) is 0 Å². The number of nitrogens with zero attached hydrogens (tertiary/aromatic N) is 1. The topological polar surface area (TPSA) is 78.7 Å². The van der Waals surface area contributed by atoms with E-state index in [0.717, 1.165) is 0 Å². The van der Waals surface area contributed by atoms with Crippen LogP contribution in [0.1, 0.15) is 30.6 Å². The fourth-order valence-corrected chi connectivity index (χ4v) is 1.68. The summed E-state index contributed by atoms with van der Waals surface area (Å²) in [5.74, 6) is -0.772. The minimum atomic E-state index is -0.772. The van der Waals surface area contributed by atoms with E-state index in [1.54, 1.807) is 7.11 Å². The molecule has 0 fully saturated rings. The minimum Gasteiger partial charge on any atom is -0.462 e. The molecule has 0 aliphatic heterocycles. The highest BCUT2D eigenvalue weighted by molar-refractivity contribution is 6.33. The second-order valence-corrected chi connectivity index (χ2v) is 5.15. The molecular formula is C13H16ClNO5. The molecule has 0 saturated heterocycles. The van der Waals surface area contributed by atoms with Gasteiger partial charge >= 0.3 is 11.7 Å². The van der Waals surface area contributed by atoms with Crippen LogP contribution in [0.5, 0.6) is 0 Å². The number of carbonyl (C=O) groups is 1. The highest BCUT2D eigenvalue weighted by Gasteiger charge is 2.25. The van der Waals surface area contributed by atoms with Gasteiger partial charge in [0.2, 0.25) is 0 Å². The number of nitro groups is 1. The van der Waals surface area contributed by atoms with Gasteiger partial charge in [-0.1, -0.05) is 17.7 Å². The molecule has 0 N–H and O–H groups in total. The first-order chi connectivity index (χ1) is 9.28. The first kappa shape index (κ1) is 16.4. The molecule has 0 heterocycles. The second-order valence-electron chi connectivity index (χ2n) is 4.74. The zero-order valence-electron chi connectivity index (χ0n) is 11.5. The van der Waals surface area contributed by atoms with E-state index in [1.807, 2.05) is 13.8 Å². The van der Waals surface area contributed by atoms with Gasteiger partial charge in [-0.15, -0.1) is 0 Å². The Morgan fingerprint density at radius 3 is 2.65 bits per heavy atom. The quantitative estimate of drug-likeness (QED) is 0.458. The summed E-state index contributed by atoms with van der Waals surface area (Å²) in [5, 5.41) is 10.8. The monoisotopic (exact) mass is 301 g/mol. The van der Waals surface area contributed by atoms with Crippen LogP contribution in [0.15, 0.2) is 18.2 Å². The number of halogens is 1. The average Bonchev–Trinajstić information content (AvgIpc) is 2.37. The summed E-state index contributed by atoms with van der Waals surface area (Å²) in [6.45, 7) is 3.80. The highest BCUT2D eigenvalue weighted by atomic mass is 35.5. The fraction of sp³-hybridized carbons (Fsp3) is 0.462. The second kappa shape index (κ2) is 6.67. The zero-order valence-corrected chi connectivity index (χ0v) is 12.3. The van der Waals surface area contributed by atoms with Crippen molar-refractivity contribution < 1.29 is 19.2 Å². The Kier molecular flexibility index (Phi) is 5.47. The number of esters is 1. The molecule has 0 radical (unpaired) electrons. The van der Waals surface area contributed by atoms with Gasteiger partial charge in [-0.25, -0.2) is 4.79 Å². The zero-order chi connectivity index (χ0) is 15.3. The van der Waals surface area contributed by atoms with E-state index in [-0.39, 0.29) is 17.2 Å². The molecule has 20 heavy (non-hydrogen) atoms. The Morgan fingerprint density at radius 2 is 2.10 bits per heavy atom. The number of nitro benzene ring substituents is 1. The summed E-state index contributed by atoms with van der Waals surface area (Å²) < 4.78 is 10.2. The van der Waals surface area contributed by atoms with E-state index in [1.165, 1.54) is 18.2 Å². The fourth-order valence-electron chi connectivity index (χ4n) is 1.43. The predicted molar refractivity (Wildman–Crippen MR) is 74.1 cm³/mol. The molecule has 0 bridgehead atoms. The number of ether oxygens (including phenoxy) is 2. The number of rotatable bonds is 6. The van der Waals surface area contributed by atoms with Crippen LogP contribution >= 0.6 is 11.6 Å². The van der Waals surface area contributed by atoms with Gasteiger partial charge in [-0.3, -0.25) is 10.1 Å². The average molecular weight is 302 g/mol. The van der Waals surface area contributed by atoms with Gasteiger partial charge in [0.1, 0.15) is 10.6 Å². The van der Waals surface area contributed by atoms with Gasteiger partial charge < -0.3 is 9.47 Å². The standard InChI is InChI=1S/C13H16ClNO5/c1-13(2,19-3)7-8-20-12(16)9-5-4-6-10(14)11(9)15(17)18/h4-6H,7-8H2,1-3H3. The molecule has 0 atom stereocenters. The molecule has 0 spiro atoms. The number of hydrogen-bond donors (Lipinski definition) is 0. The van der Waals surface area contributed by atoms with Crippen LogP contribution in [-0.2, 0) is 9.47 Å². The lowest BCUT2D eigenvalue weighted by atomic mass is 10.1. The van der Waals surface area contributed by atoms with Crippen LogP contribution in [0, 0.1) is 10.1 Å². The van der Waals surface area contributed by atoms with Crippen molar-refractivity contribution in [2.75, 3.05) is 13.7 Å². The third kappa shape index (κ3) is 4.18. The van der Waals surface area contributed by atoms with Crippen molar-refractivity contribution in [1.82, 2.24) is 0 Å². The predicted octanol–water partition coefficient (Wildman–Crippen LogP) is 3.22. The summed E-state index contributed by atoms with van der Waals surface area (Å²) in [5.41, 5.74) is -1.02. The summed E-state index contributed by atoms with van der Waals surface area (Å²) in [6, 6.07) is 4.13. The number of hydrogen-bond acceptors (Lipinski definition) is 5.